The second-order valence-electron chi connectivity index (χ2n) is 6.49. The van der Waals surface area contributed by atoms with Crippen LogP contribution in [0.3, 0.4) is 0 Å². The molecule has 1 heterocycles. The van der Waals surface area contributed by atoms with Crippen molar-refractivity contribution in [2.75, 3.05) is 18.5 Å². The summed E-state index contributed by atoms with van der Waals surface area (Å²) >= 11 is 0. The molecular weight excluding hydrogens is 394 g/mol. The van der Waals surface area contributed by atoms with Crippen molar-refractivity contribution >= 4 is 35.1 Å². The van der Waals surface area contributed by atoms with Crippen LogP contribution in [-0.2, 0) is 14.3 Å². The minimum atomic E-state index is -0.840. The zero-order chi connectivity index (χ0) is 21.8. The molecule has 0 fully saturated rings. The Hall–Kier alpha value is -4.08. The highest BCUT2D eigenvalue weighted by molar-refractivity contribution is 6.23. The summed E-state index contributed by atoms with van der Waals surface area (Å²) in [6, 6.07) is 10.9. The Kier molecular flexibility index (Phi) is 5.86. The number of anilines is 1. The number of amides is 3. The van der Waals surface area contributed by atoms with Crippen LogP contribution in [0.5, 0.6) is 0 Å². The van der Waals surface area contributed by atoms with Crippen LogP contribution in [0.1, 0.15) is 32.7 Å². The van der Waals surface area contributed by atoms with Gasteiger partial charge in [-0.2, -0.15) is 0 Å². The van der Waals surface area contributed by atoms with E-state index in [0.29, 0.717) is 5.69 Å². The molecule has 1 aliphatic rings. The molecule has 0 unspecified atom stereocenters. The molecule has 2 aromatic rings. The molecule has 3 rings (SSSR count). The number of rotatable bonds is 7. The zero-order valence-electron chi connectivity index (χ0n) is 15.9. The van der Waals surface area contributed by atoms with Crippen molar-refractivity contribution in [2.24, 2.45) is 0 Å². The predicted octanol–water partition coefficient (Wildman–Crippen LogP) is 2.07. The molecule has 30 heavy (non-hydrogen) atoms. The number of fused-ring (bicyclic) bond motifs is 1. The minimum Gasteiger partial charge on any atom is -0.456 e. The van der Waals surface area contributed by atoms with Crippen molar-refractivity contribution < 1.29 is 28.8 Å². The molecule has 0 saturated heterocycles. The van der Waals surface area contributed by atoms with Gasteiger partial charge in [0.15, 0.2) is 6.61 Å². The van der Waals surface area contributed by atoms with Gasteiger partial charge in [-0.3, -0.25) is 34.2 Å². The Bertz CT molecular complexity index is 1060. The Balaban J connectivity index is 1.54. The van der Waals surface area contributed by atoms with Gasteiger partial charge in [-0.25, -0.2) is 0 Å². The fourth-order valence-corrected chi connectivity index (χ4v) is 2.99. The number of nitrogens with one attached hydrogen (secondary N) is 1. The first-order valence-electron chi connectivity index (χ1n) is 8.94. The third-order valence-electron chi connectivity index (χ3n) is 4.50. The van der Waals surface area contributed by atoms with Gasteiger partial charge in [0.2, 0.25) is 0 Å². The van der Waals surface area contributed by atoms with E-state index in [1.165, 1.54) is 12.1 Å². The van der Waals surface area contributed by atoms with Gasteiger partial charge in [-0.1, -0.05) is 24.3 Å². The van der Waals surface area contributed by atoms with Crippen LogP contribution < -0.4 is 5.32 Å². The molecule has 0 spiro atoms. The van der Waals surface area contributed by atoms with Gasteiger partial charge in [0, 0.05) is 18.3 Å². The molecule has 10 heteroatoms. The van der Waals surface area contributed by atoms with E-state index in [2.05, 4.69) is 5.32 Å². The number of benzene rings is 2. The molecule has 0 atom stereocenters. The molecular formula is C20H17N3O7. The minimum absolute atomic E-state index is 0.0832. The van der Waals surface area contributed by atoms with E-state index in [0.717, 1.165) is 16.5 Å². The molecule has 3 amide bonds. The second-order valence-corrected chi connectivity index (χ2v) is 6.49. The number of para-hydroxylation sites is 1. The Morgan fingerprint density at radius 2 is 1.83 bits per heavy atom. The standard InChI is InChI=1S/C20H17N3O7/c1-12-5-2-3-7-14(12)21-16(24)11-30-17(25)9-10-22-19(26)13-6-4-8-15(23(28)29)18(13)20(22)27/h2-8H,9-11H2,1H3,(H,21,24). The van der Waals surface area contributed by atoms with Crippen LogP contribution in [-0.4, -0.2) is 46.7 Å². The average Bonchev–Trinajstić information content (AvgIpc) is 2.96. The number of esters is 1. The molecule has 0 bridgehead atoms. The van der Waals surface area contributed by atoms with Crippen LogP contribution in [0.25, 0.3) is 0 Å². The maximum atomic E-state index is 12.4. The lowest BCUT2D eigenvalue weighted by molar-refractivity contribution is -0.385. The molecule has 1 N–H and O–H groups in total. The fourth-order valence-electron chi connectivity index (χ4n) is 2.99. The molecule has 1 aliphatic heterocycles. The van der Waals surface area contributed by atoms with Crippen LogP contribution in [0.15, 0.2) is 42.5 Å². The smallest absolute Gasteiger partial charge is 0.308 e. The fraction of sp³-hybridized carbons (Fsp3) is 0.200. The lowest BCUT2D eigenvalue weighted by Crippen LogP contribution is -2.32. The monoisotopic (exact) mass is 411 g/mol. The Morgan fingerprint density at radius 1 is 1.10 bits per heavy atom. The summed E-state index contributed by atoms with van der Waals surface area (Å²) in [6.45, 7) is 0.969. The molecule has 0 aliphatic carbocycles. The van der Waals surface area contributed by atoms with Crippen LogP contribution in [0.4, 0.5) is 11.4 Å². The highest BCUT2D eigenvalue weighted by atomic mass is 16.6. The maximum Gasteiger partial charge on any atom is 0.308 e. The average molecular weight is 411 g/mol. The van der Waals surface area contributed by atoms with E-state index in [4.69, 9.17) is 4.74 Å². The van der Waals surface area contributed by atoms with Gasteiger partial charge in [0.1, 0.15) is 5.56 Å². The highest BCUT2D eigenvalue weighted by Gasteiger charge is 2.40. The third-order valence-corrected chi connectivity index (χ3v) is 4.50. The number of nitro benzene ring substituents is 1. The highest BCUT2D eigenvalue weighted by Crippen LogP contribution is 2.30. The number of aryl methyl sites for hydroxylation is 1. The first-order valence-corrected chi connectivity index (χ1v) is 8.94. The van der Waals surface area contributed by atoms with E-state index < -0.39 is 40.9 Å². The van der Waals surface area contributed by atoms with Crippen LogP contribution in [0.2, 0.25) is 0 Å². The van der Waals surface area contributed by atoms with E-state index in [-0.39, 0.29) is 24.1 Å². The third kappa shape index (κ3) is 4.17. The molecule has 10 nitrogen and oxygen atoms in total. The number of nitro groups is 1. The SMILES string of the molecule is Cc1ccccc1NC(=O)COC(=O)CCN1C(=O)c2cccc([N+](=O)[O-])c2C1=O. The second kappa shape index (κ2) is 8.52. The van der Waals surface area contributed by atoms with Crippen molar-refractivity contribution in [1.82, 2.24) is 4.90 Å². The van der Waals surface area contributed by atoms with Gasteiger partial charge in [-0.15, -0.1) is 0 Å². The summed E-state index contributed by atoms with van der Waals surface area (Å²) in [7, 11) is 0. The number of nitrogens with zero attached hydrogens (tertiary/aromatic N) is 2. The number of ether oxygens (including phenoxy) is 1. The largest absolute Gasteiger partial charge is 0.456 e. The van der Waals surface area contributed by atoms with E-state index in [1.807, 2.05) is 19.1 Å². The lowest BCUT2D eigenvalue weighted by Gasteiger charge is -2.13. The summed E-state index contributed by atoms with van der Waals surface area (Å²) in [4.78, 5) is 59.7. The number of carbonyl (C=O) groups excluding carboxylic acids is 4. The summed E-state index contributed by atoms with van der Waals surface area (Å²) < 4.78 is 4.88. The van der Waals surface area contributed by atoms with E-state index in [9.17, 15) is 29.3 Å². The Morgan fingerprint density at radius 3 is 2.53 bits per heavy atom. The summed E-state index contributed by atoms with van der Waals surface area (Å²) in [5.74, 6) is -2.88. The quantitative estimate of drug-likeness (QED) is 0.319. The molecule has 2 aromatic carbocycles. The van der Waals surface area contributed by atoms with Gasteiger partial charge in [0.05, 0.1) is 16.9 Å². The summed E-state index contributed by atoms with van der Waals surface area (Å²) in [5.41, 5.74) is 0.588. The van der Waals surface area contributed by atoms with Crippen molar-refractivity contribution in [3.8, 4) is 0 Å². The first-order chi connectivity index (χ1) is 14.3. The summed E-state index contributed by atoms with van der Waals surface area (Å²) in [5, 5.41) is 13.7. The normalized spacial score (nSPS) is 12.5. The molecule has 0 saturated carbocycles. The zero-order valence-corrected chi connectivity index (χ0v) is 15.9. The van der Waals surface area contributed by atoms with Crippen molar-refractivity contribution in [1.29, 1.82) is 0 Å². The van der Waals surface area contributed by atoms with Crippen molar-refractivity contribution in [2.45, 2.75) is 13.3 Å². The summed E-state index contributed by atoms with van der Waals surface area (Å²) in [6.07, 6.45) is -0.350. The lowest BCUT2D eigenvalue weighted by atomic mass is 10.1. The van der Waals surface area contributed by atoms with Gasteiger partial charge in [0.25, 0.3) is 23.4 Å². The van der Waals surface area contributed by atoms with E-state index >= 15 is 0 Å². The van der Waals surface area contributed by atoms with Crippen molar-refractivity contribution in [3.63, 3.8) is 0 Å². The number of hydrogen-bond donors (Lipinski definition) is 1. The molecule has 0 radical (unpaired) electrons. The van der Waals surface area contributed by atoms with Gasteiger partial charge in [-0.05, 0) is 24.6 Å². The number of imide groups is 1. The molecule has 154 valence electrons. The predicted molar refractivity (Wildman–Crippen MR) is 104 cm³/mol. The molecule has 0 aromatic heterocycles. The van der Waals surface area contributed by atoms with Crippen molar-refractivity contribution in [3.05, 3.63) is 69.3 Å². The number of carbonyl (C=O) groups is 4. The van der Waals surface area contributed by atoms with Gasteiger partial charge >= 0.3 is 5.97 Å². The first kappa shape index (κ1) is 20.6. The van der Waals surface area contributed by atoms with Crippen LogP contribution in [0, 0.1) is 17.0 Å². The Labute approximate surface area is 170 Å². The van der Waals surface area contributed by atoms with Gasteiger partial charge < -0.3 is 10.1 Å². The van der Waals surface area contributed by atoms with E-state index in [1.54, 1.807) is 12.1 Å². The topological polar surface area (TPSA) is 136 Å². The number of hydrogen-bond acceptors (Lipinski definition) is 7. The maximum absolute atomic E-state index is 12.4. The van der Waals surface area contributed by atoms with Crippen LogP contribution >= 0.6 is 0 Å².